The molecule has 2 aromatic carbocycles. The number of hydrogen-bond donors (Lipinski definition) is 1. The maximum Gasteiger partial charge on any atom is 0.325 e. The highest BCUT2D eigenvalue weighted by Crippen LogP contribution is 2.36. The largest absolute Gasteiger partial charge is 0.325 e. The van der Waals surface area contributed by atoms with Crippen LogP contribution in [0.4, 0.5) is 4.79 Å². The summed E-state index contributed by atoms with van der Waals surface area (Å²) < 4.78 is 0. The van der Waals surface area contributed by atoms with Gasteiger partial charge in [-0.05, 0) is 31.0 Å². The highest BCUT2D eigenvalue weighted by molar-refractivity contribution is 7.12. The molecule has 6 heteroatoms. The number of ketones is 1. The van der Waals surface area contributed by atoms with Crippen LogP contribution >= 0.6 is 11.3 Å². The summed E-state index contributed by atoms with van der Waals surface area (Å²) in [6, 6.07) is 19.5. The number of nitrogens with one attached hydrogen (secondary N) is 1. The molecule has 0 unspecified atom stereocenters. The van der Waals surface area contributed by atoms with E-state index in [9.17, 15) is 14.4 Å². The molecule has 5 nitrogen and oxygen atoms in total. The SMILES string of the molecule is Cc1cc(C(=O)CN2C(=O)NC(c3ccccc3)(c3ccccc3)C2=O)c(C)s1. The van der Waals surface area contributed by atoms with Crippen LogP contribution in [0.5, 0.6) is 0 Å². The first-order valence-electron chi connectivity index (χ1n) is 9.29. The summed E-state index contributed by atoms with van der Waals surface area (Å²) in [4.78, 5) is 42.2. The van der Waals surface area contributed by atoms with Crippen LogP contribution in [0, 0.1) is 13.8 Å². The maximum absolute atomic E-state index is 13.6. The minimum Gasteiger partial charge on any atom is -0.315 e. The molecule has 29 heavy (non-hydrogen) atoms. The Morgan fingerprint density at radius 3 is 2.00 bits per heavy atom. The summed E-state index contributed by atoms with van der Waals surface area (Å²) in [6.07, 6.45) is 0. The second-order valence-electron chi connectivity index (χ2n) is 7.05. The predicted molar refractivity (Wildman–Crippen MR) is 112 cm³/mol. The van der Waals surface area contributed by atoms with Crippen molar-refractivity contribution in [1.82, 2.24) is 10.2 Å². The molecule has 0 bridgehead atoms. The van der Waals surface area contributed by atoms with Crippen LogP contribution in [-0.4, -0.2) is 29.2 Å². The standard InChI is InChI=1S/C23H20N2O3S/c1-15-13-19(16(2)29-15)20(26)14-25-21(27)23(24-22(25)28,17-9-5-3-6-10-17)18-11-7-4-8-12-18/h3-13H,14H2,1-2H3,(H,24,28). The molecule has 0 saturated carbocycles. The highest BCUT2D eigenvalue weighted by Gasteiger charge is 2.54. The number of urea groups is 1. The molecule has 1 aliphatic rings. The van der Waals surface area contributed by atoms with Crippen LogP contribution in [0.2, 0.25) is 0 Å². The Morgan fingerprint density at radius 2 is 1.52 bits per heavy atom. The van der Waals surface area contributed by atoms with Crippen LogP contribution < -0.4 is 5.32 Å². The van der Waals surface area contributed by atoms with Gasteiger partial charge in [0.1, 0.15) is 0 Å². The van der Waals surface area contributed by atoms with Gasteiger partial charge in [-0.25, -0.2) is 4.79 Å². The maximum atomic E-state index is 13.6. The second-order valence-corrected chi connectivity index (χ2v) is 8.51. The van der Waals surface area contributed by atoms with Gasteiger partial charge in [-0.1, -0.05) is 60.7 Å². The first-order chi connectivity index (χ1) is 13.9. The fourth-order valence-corrected chi connectivity index (χ4v) is 4.73. The van der Waals surface area contributed by atoms with Gasteiger partial charge in [-0.15, -0.1) is 11.3 Å². The Labute approximate surface area is 173 Å². The molecule has 1 fully saturated rings. The lowest BCUT2D eigenvalue weighted by molar-refractivity contribution is -0.129. The van der Waals surface area contributed by atoms with E-state index in [0.717, 1.165) is 14.7 Å². The third kappa shape index (κ3) is 3.15. The molecule has 0 radical (unpaired) electrons. The molecule has 1 saturated heterocycles. The van der Waals surface area contributed by atoms with Crippen molar-refractivity contribution in [3.05, 3.63) is 93.2 Å². The van der Waals surface area contributed by atoms with E-state index in [1.165, 1.54) is 11.3 Å². The van der Waals surface area contributed by atoms with E-state index in [-0.39, 0.29) is 12.3 Å². The van der Waals surface area contributed by atoms with Crippen LogP contribution in [0.15, 0.2) is 66.7 Å². The molecule has 1 aromatic heterocycles. The van der Waals surface area contributed by atoms with E-state index >= 15 is 0 Å². The van der Waals surface area contributed by atoms with Gasteiger partial charge in [0, 0.05) is 15.3 Å². The number of aryl methyl sites for hydroxylation is 2. The number of thiophene rings is 1. The van der Waals surface area contributed by atoms with Gasteiger partial charge in [0.15, 0.2) is 11.3 Å². The molecule has 1 N–H and O–H groups in total. The topological polar surface area (TPSA) is 66.5 Å². The molecule has 3 amide bonds. The average molecular weight is 404 g/mol. The zero-order chi connectivity index (χ0) is 20.6. The normalized spacial score (nSPS) is 15.4. The van der Waals surface area contributed by atoms with Crippen molar-refractivity contribution < 1.29 is 14.4 Å². The van der Waals surface area contributed by atoms with E-state index in [1.54, 1.807) is 0 Å². The minimum absolute atomic E-state index is 0.243. The van der Waals surface area contributed by atoms with Crippen molar-refractivity contribution in [3.63, 3.8) is 0 Å². The highest BCUT2D eigenvalue weighted by atomic mass is 32.1. The van der Waals surface area contributed by atoms with Gasteiger partial charge < -0.3 is 5.32 Å². The number of rotatable bonds is 5. The lowest BCUT2D eigenvalue weighted by Gasteiger charge is -2.28. The number of Topliss-reactive ketones (excluding diaryl/α,β-unsaturated/α-hetero) is 1. The first kappa shape index (κ1) is 19.1. The molecule has 1 aliphatic heterocycles. The predicted octanol–water partition coefficient (Wildman–Crippen LogP) is 4.04. The molecule has 4 rings (SSSR count). The van der Waals surface area contributed by atoms with Crippen LogP contribution in [0.25, 0.3) is 0 Å². The van der Waals surface area contributed by atoms with Gasteiger partial charge in [0.05, 0.1) is 6.54 Å². The van der Waals surface area contributed by atoms with Gasteiger partial charge in [0.25, 0.3) is 5.91 Å². The van der Waals surface area contributed by atoms with E-state index < -0.39 is 17.5 Å². The van der Waals surface area contributed by atoms with Gasteiger partial charge in [0.2, 0.25) is 0 Å². The summed E-state index contributed by atoms with van der Waals surface area (Å²) in [7, 11) is 0. The lowest BCUT2D eigenvalue weighted by atomic mass is 9.82. The molecular formula is C23H20N2O3S. The Kier molecular flexibility index (Phi) is 4.80. The third-order valence-electron chi connectivity index (χ3n) is 5.16. The van der Waals surface area contributed by atoms with Crippen LogP contribution in [-0.2, 0) is 10.3 Å². The molecule has 0 aliphatic carbocycles. The summed E-state index contributed by atoms with van der Waals surface area (Å²) >= 11 is 1.53. The summed E-state index contributed by atoms with van der Waals surface area (Å²) in [5.74, 6) is -0.690. The molecular weight excluding hydrogens is 384 g/mol. The first-order valence-corrected chi connectivity index (χ1v) is 10.1. The zero-order valence-corrected chi connectivity index (χ0v) is 17.0. The number of nitrogens with zero attached hydrogens (tertiary/aromatic N) is 1. The number of benzene rings is 2. The number of carbonyl (C=O) groups is 3. The Morgan fingerprint density at radius 1 is 0.966 bits per heavy atom. The number of hydrogen-bond acceptors (Lipinski definition) is 4. The monoisotopic (exact) mass is 404 g/mol. The van der Waals surface area contributed by atoms with Gasteiger partial charge in [-0.2, -0.15) is 0 Å². The van der Waals surface area contributed by atoms with E-state index in [2.05, 4.69) is 5.32 Å². The van der Waals surface area contributed by atoms with Crippen molar-refractivity contribution in [1.29, 1.82) is 0 Å². The van der Waals surface area contributed by atoms with Gasteiger partial charge >= 0.3 is 6.03 Å². The van der Waals surface area contributed by atoms with Crippen molar-refractivity contribution >= 4 is 29.1 Å². The van der Waals surface area contributed by atoms with Crippen LogP contribution in [0.1, 0.15) is 31.2 Å². The number of amides is 3. The van der Waals surface area contributed by atoms with Crippen molar-refractivity contribution in [2.75, 3.05) is 6.54 Å². The Balaban J connectivity index is 1.74. The third-order valence-corrected chi connectivity index (χ3v) is 6.13. The minimum atomic E-state index is -1.35. The molecule has 0 spiro atoms. The number of imide groups is 1. The summed E-state index contributed by atoms with van der Waals surface area (Å²) in [5, 5.41) is 2.86. The fourth-order valence-electron chi connectivity index (χ4n) is 3.79. The molecule has 3 aromatic rings. The molecule has 0 atom stereocenters. The molecule has 146 valence electrons. The smallest absolute Gasteiger partial charge is 0.315 e. The van der Waals surface area contributed by atoms with Crippen molar-refractivity contribution in [2.45, 2.75) is 19.4 Å². The lowest BCUT2D eigenvalue weighted by Crippen LogP contribution is -2.45. The molecule has 2 heterocycles. The van der Waals surface area contributed by atoms with Crippen molar-refractivity contribution in [3.8, 4) is 0 Å². The zero-order valence-electron chi connectivity index (χ0n) is 16.1. The van der Waals surface area contributed by atoms with E-state index in [0.29, 0.717) is 16.7 Å². The van der Waals surface area contributed by atoms with Crippen molar-refractivity contribution in [2.24, 2.45) is 0 Å². The Bertz CT molecular complexity index is 1050. The van der Waals surface area contributed by atoms with Crippen LogP contribution in [0.3, 0.4) is 0 Å². The quantitative estimate of drug-likeness (QED) is 0.515. The van der Waals surface area contributed by atoms with Gasteiger partial charge in [-0.3, -0.25) is 14.5 Å². The van der Waals surface area contributed by atoms with E-state index in [4.69, 9.17) is 0 Å². The fraction of sp³-hybridized carbons (Fsp3) is 0.174. The second kappa shape index (κ2) is 7.29. The van der Waals surface area contributed by atoms with E-state index in [1.807, 2.05) is 80.6 Å². The average Bonchev–Trinajstić information content (AvgIpc) is 3.20. The number of carbonyl (C=O) groups excluding carboxylic acids is 3. The Hall–Kier alpha value is -3.25. The summed E-state index contributed by atoms with van der Waals surface area (Å²) in [6.45, 7) is 3.51. The summed E-state index contributed by atoms with van der Waals surface area (Å²) in [5.41, 5.74) is 0.522.